The van der Waals surface area contributed by atoms with Gasteiger partial charge in [-0.25, -0.2) is 4.79 Å². The third-order valence-corrected chi connectivity index (χ3v) is 3.68. The molecule has 1 amide bonds. The first-order valence-corrected chi connectivity index (χ1v) is 8.26. The van der Waals surface area contributed by atoms with Crippen LogP contribution in [-0.2, 0) is 14.3 Å². The molecule has 0 aromatic heterocycles. The van der Waals surface area contributed by atoms with Crippen LogP contribution in [0.5, 0.6) is 11.5 Å². The van der Waals surface area contributed by atoms with E-state index in [1.165, 1.54) is 13.0 Å². The molecule has 0 saturated heterocycles. The molecule has 0 saturated carbocycles. The van der Waals surface area contributed by atoms with Crippen LogP contribution in [0.3, 0.4) is 0 Å². The SMILES string of the molecule is C[C@H](OC(=O)/C=C/c1ccccc1)C(=O)Nc1ccc2c(c1)OCCO2. The van der Waals surface area contributed by atoms with E-state index >= 15 is 0 Å². The minimum atomic E-state index is -0.934. The van der Waals surface area contributed by atoms with Gasteiger partial charge in [0, 0.05) is 17.8 Å². The maximum absolute atomic E-state index is 12.2. The van der Waals surface area contributed by atoms with Crippen molar-refractivity contribution in [1.29, 1.82) is 0 Å². The Morgan fingerprint density at radius 1 is 1.08 bits per heavy atom. The van der Waals surface area contributed by atoms with Crippen molar-refractivity contribution >= 4 is 23.6 Å². The average molecular weight is 353 g/mol. The first-order valence-electron chi connectivity index (χ1n) is 8.26. The van der Waals surface area contributed by atoms with Gasteiger partial charge < -0.3 is 19.5 Å². The molecular formula is C20H19NO5. The standard InChI is InChI=1S/C20H19NO5/c1-14(26-19(22)10-7-15-5-3-2-4-6-15)20(23)21-16-8-9-17-18(13-16)25-12-11-24-17/h2-10,13-14H,11-12H2,1H3,(H,21,23)/b10-7+/t14-/m0/s1. The second-order valence-electron chi connectivity index (χ2n) is 5.67. The summed E-state index contributed by atoms with van der Waals surface area (Å²) in [5.74, 6) is 0.200. The summed E-state index contributed by atoms with van der Waals surface area (Å²) in [6, 6.07) is 14.5. The number of rotatable bonds is 5. The number of carbonyl (C=O) groups is 2. The van der Waals surface area contributed by atoms with E-state index in [0.29, 0.717) is 30.4 Å². The van der Waals surface area contributed by atoms with Crippen molar-refractivity contribution in [2.75, 3.05) is 18.5 Å². The predicted molar refractivity (Wildman–Crippen MR) is 97.1 cm³/mol. The lowest BCUT2D eigenvalue weighted by molar-refractivity contribution is -0.148. The third kappa shape index (κ3) is 4.63. The quantitative estimate of drug-likeness (QED) is 0.661. The zero-order valence-corrected chi connectivity index (χ0v) is 14.3. The molecule has 6 nitrogen and oxygen atoms in total. The fraction of sp³-hybridized carbons (Fsp3) is 0.200. The second kappa shape index (κ2) is 8.20. The molecule has 2 aromatic carbocycles. The minimum Gasteiger partial charge on any atom is -0.486 e. The van der Waals surface area contributed by atoms with Crippen LogP contribution in [0.25, 0.3) is 6.08 Å². The molecule has 134 valence electrons. The lowest BCUT2D eigenvalue weighted by Gasteiger charge is -2.19. The average Bonchev–Trinajstić information content (AvgIpc) is 2.67. The number of hydrogen-bond acceptors (Lipinski definition) is 5. The van der Waals surface area contributed by atoms with Gasteiger partial charge in [-0.05, 0) is 30.7 Å². The number of hydrogen-bond donors (Lipinski definition) is 1. The number of carbonyl (C=O) groups excluding carboxylic acids is 2. The number of amides is 1. The summed E-state index contributed by atoms with van der Waals surface area (Å²) in [6.07, 6.45) is 1.99. The first-order chi connectivity index (χ1) is 12.6. The van der Waals surface area contributed by atoms with Crippen molar-refractivity contribution in [3.63, 3.8) is 0 Å². The number of ether oxygens (including phenoxy) is 3. The van der Waals surface area contributed by atoms with Gasteiger partial charge in [0.1, 0.15) is 13.2 Å². The number of benzene rings is 2. The van der Waals surface area contributed by atoms with E-state index in [2.05, 4.69) is 5.32 Å². The van der Waals surface area contributed by atoms with Gasteiger partial charge in [0.05, 0.1) is 0 Å². The van der Waals surface area contributed by atoms with Crippen molar-refractivity contribution in [3.05, 3.63) is 60.2 Å². The van der Waals surface area contributed by atoms with Crippen molar-refractivity contribution in [2.45, 2.75) is 13.0 Å². The van der Waals surface area contributed by atoms with Gasteiger partial charge in [0.15, 0.2) is 17.6 Å². The maximum Gasteiger partial charge on any atom is 0.331 e. The smallest absolute Gasteiger partial charge is 0.331 e. The molecule has 0 aliphatic carbocycles. The van der Waals surface area contributed by atoms with Crippen molar-refractivity contribution in [3.8, 4) is 11.5 Å². The summed E-state index contributed by atoms with van der Waals surface area (Å²) in [4.78, 5) is 24.1. The van der Waals surface area contributed by atoms with Gasteiger partial charge >= 0.3 is 5.97 Å². The molecule has 26 heavy (non-hydrogen) atoms. The summed E-state index contributed by atoms with van der Waals surface area (Å²) < 4.78 is 16.0. The molecule has 0 bridgehead atoms. The van der Waals surface area contributed by atoms with E-state index in [-0.39, 0.29) is 0 Å². The van der Waals surface area contributed by atoms with E-state index in [9.17, 15) is 9.59 Å². The molecule has 0 spiro atoms. The third-order valence-electron chi connectivity index (χ3n) is 3.68. The Balaban J connectivity index is 1.54. The highest BCUT2D eigenvalue weighted by atomic mass is 16.6. The minimum absolute atomic E-state index is 0.428. The highest BCUT2D eigenvalue weighted by Gasteiger charge is 2.18. The number of anilines is 1. The van der Waals surface area contributed by atoms with Crippen LogP contribution in [0, 0.1) is 0 Å². The zero-order valence-electron chi connectivity index (χ0n) is 14.3. The summed E-state index contributed by atoms with van der Waals surface area (Å²) in [5, 5.41) is 2.70. The molecule has 2 aromatic rings. The normalized spacial score (nSPS) is 13.9. The number of esters is 1. The Morgan fingerprint density at radius 3 is 2.58 bits per heavy atom. The molecule has 1 N–H and O–H groups in total. The molecular weight excluding hydrogens is 334 g/mol. The molecule has 1 aliphatic rings. The van der Waals surface area contributed by atoms with E-state index in [1.807, 2.05) is 30.3 Å². The summed E-state index contributed by atoms with van der Waals surface area (Å²) >= 11 is 0. The lowest BCUT2D eigenvalue weighted by atomic mass is 10.2. The van der Waals surface area contributed by atoms with Crippen LogP contribution >= 0.6 is 0 Å². The van der Waals surface area contributed by atoms with Crippen molar-refractivity contribution in [2.24, 2.45) is 0 Å². The zero-order chi connectivity index (χ0) is 18.4. The molecule has 0 radical (unpaired) electrons. The molecule has 6 heteroatoms. The molecule has 0 fully saturated rings. The van der Waals surface area contributed by atoms with Gasteiger partial charge in [-0.3, -0.25) is 4.79 Å². The van der Waals surface area contributed by atoms with Gasteiger partial charge in [-0.2, -0.15) is 0 Å². The van der Waals surface area contributed by atoms with E-state index in [0.717, 1.165) is 5.56 Å². The largest absolute Gasteiger partial charge is 0.486 e. The number of fused-ring (bicyclic) bond motifs is 1. The molecule has 3 rings (SSSR count). The van der Waals surface area contributed by atoms with Gasteiger partial charge in [0.25, 0.3) is 5.91 Å². The van der Waals surface area contributed by atoms with Crippen molar-refractivity contribution in [1.82, 2.24) is 0 Å². The van der Waals surface area contributed by atoms with Crippen molar-refractivity contribution < 1.29 is 23.8 Å². The highest BCUT2D eigenvalue weighted by molar-refractivity contribution is 5.96. The predicted octanol–water partition coefficient (Wildman–Crippen LogP) is 3.04. The summed E-state index contributed by atoms with van der Waals surface area (Å²) in [5.41, 5.74) is 1.42. The Kier molecular flexibility index (Phi) is 5.53. The topological polar surface area (TPSA) is 73.9 Å². The number of nitrogens with one attached hydrogen (secondary N) is 1. The summed E-state index contributed by atoms with van der Waals surface area (Å²) in [6.45, 7) is 2.48. The van der Waals surface area contributed by atoms with Crippen LogP contribution in [0.1, 0.15) is 12.5 Å². The fourth-order valence-corrected chi connectivity index (χ4v) is 2.36. The Labute approximate surface area is 151 Å². The Hall–Kier alpha value is -3.28. The van der Waals surface area contributed by atoms with Gasteiger partial charge in [-0.1, -0.05) is 30.3 Å². The lowest BCUT2D eigenvalue weighted by Crippen LogP contribution is -2.29. The first kappa shape index (κ1) is 17.5. The maximum atomic E-state index is 12.2. The van der Waals surface area contributed by atoms with Gasteiger partial charge in [0.2, 0.25) is 0 Å². The van der Waals surface area contributed by atoms with Crippen LogP contribution in [0.4, 0.5) is 5.69 Å². The fourth-order valence-electron chi connectivity index (χ4n) is 2.36. The van der Waals surface area contributed by atoms with E-state index in [4.69, 9.17) is 14.2 Å². The van der Waals surface area contributed by atoms with Crippen LogP contribution in [0.15, 0.2) is 54.6 Å². The van der Waals surface area contributed by atoms with E-state index in [1.54, 1.807) is 24.3 Å². The van der Waals surface area contributed by atoms with Crippen LogP contribution in [0.2, 0.25) is 0 Å². The Bertz CT molecular complexity index is 816. The monoisotopic (exact) mass is 353 g/mol. The summed E-state index contributed by atoms with van der Waals surface area (Å²) in [7, 11) is 0. The molecule has 0 unspecified atom stereocenters. The highest BCUT2D eigenvalue weighted by Crippen LogP contribution is 2.32. The van der Waals surface area contributed by atoms with E-state index < -0.39 is 18.0 Å². The van der Waals surface area contributed by atoms with Gasteiger partial charge in [-0.15, -0.1) is 0 Å². The Morgan fingerprint density at radius 2 is 1.81 bits per heavy atom. The van der Waals surface area contributed by atoms with Crippen LogP contribution in [-0.4, -0.2) is 31.2 Å². The second-order valence-corrected chi connectivity index (χ2v) is 5.67. The molecule has 1 heterocycles. The van der Waals surface area contributed by atoms with Crippen LogP contribution < -0.4 is 14.8 Å². The molecule has 1 atom stereocenters. The molecule has 1 aliphatic heterocycles.